The minimum atomic E-state index is -3.30. The molecule has 0 saturated carbocycles. The van der Waals surface area contributed by atoms with E-state index < -0.39 is 23.9 Å². The number of nitrogens with zero attached hydrogens (tertiary/aromatic N) is 2. The van der Waals surface area contributed by atoms with Crippen LogP contribution < -0.4 is 11.4 Å². The topological polar surface area (TPSA) is 70.1 Å². The molecule has 2 atom stereocenters. The van der Waals surface area contributed by atoms with Crippen LogP contribution in [-0.2, 0) is 4.74 Å². The molecule has 1 aromatic rings. The fourth-order valence-corrected chi connectivity index (χ4v) is 1.64. The Hall–Kier alpha value is -1.76. The Morgan fingerprint density at radius 1 is 1.65 bits per heavy atom. The molecule has 1 saturated heterocycles. The fourth-order valence-electron chi connectivity index (χ4n) is 1.64. The summed E-state index contributed by atoms with van der Waals surface area (Å²) in [4.78, 5) is 14.8. The summed E-state index contributed by atoms with van der Waals surface area (Å²) < 4.78 is 33.3. The van der Waals surface area contributed by atoms with E-state index in [0.29, 0.717) is 4.57 Å². The zero-order valence-electron chi connectivity index (χ0n) is 9.06. The number of hydrogen-bond donors (Lipinski definition) is 1. The van der Waals surface area contributed by atoms with Gasteiger partial charge in [0.25, 0.3) is 0 Å². The lowest BCUT2D eigenvalue weighted by Crippen LogP contribution is -2.35. The predicted molar refractivity (Wildman–Crippen MR) is 56.6 cm³/mol. The first kappa shape index (κ1) is 11.7. The maximum absolute atomic E-state index is 13.8. The van der Waals surface area contributed by atoms with Crippen molar-refractivity contribution in [1.82, 2.24) is 9.55 Å². The number of ether oxygens (including phenoxy) is 1. The second-order valence-corrected chi connectivity index (χ2v) is 3.82. The van der Waals surface area contributed by atoms with Crippen molar-refractivity contribution in [2.24, 2.45) is 0 Å². The lowest BCUT2D eigenvalue weighted by molar-refractivity contribution is -0.108. The third kappa shape index (κ3) is 1.72. The first-order valence-corrected chi connectivity index (χ1v) is 4.91. The van der Waals surface area contributed by atoms with Gasteiger partial charge in [-0.1, -0.05) is 6.58 Å². The summed E-state index contributed by atoms with van der Waals surface area (Å²) >= 11 is 0. The van der Waals surface area contributed by atoms with Crippen LogP contribution in [0.5, 0.6) is 0 Å². The summed E-state index contributed by atoms with van der Waals surface area (Å²) in [5.41, 5.74) is 4.04. The van der Waals surface area contributed by atoms with Crippen molar-refractivity contribution in [2.45, 2.75) is 25.2 Å². The van der Waals surface area contributed by atoms with Crippen molar-refractivity contribution in [2.75, 3.05) is 5.73 Å². The van der Waals surface area contributed by atoms with Crippen LogP contribution in [0.4, 0.5) is 14.6 Å². The van der Waals surface area contributed by atoms with E-state index in [-0.39, 0.29) is 11.4 Å². The molecule has 0 spiro atoms. The van der Waals surface area contributed by atoms with Crippen LogP contribution in [0.15, 0.2) is 29.2 Å². The van der Waals surface area contributed by atoms with Crippen LogP contribution in [0.1, 0.15) is 13.2 Å². The predicted octanol–water partition coefficient (Wildman–Crippen LogP) is 0.934. The zero-order chi connectivity index (χ0) is 12.8. The molecule has 92 valence electrons. The average Bonchev–Trinajstić information content (AvgIpc) is 2.43. The molecular formula is C10H11F2N3O2. The minimum absolute atomic E-state index is 0.0283. The molecule has 0 aliphatic carbocycles. The first-order valence-electron chi connectivity index (χ1n) is 4.91. The Morgan fingerprint density at radius 3 is 2.76 bits per heavy atom. The quantitative estimate of drug-likeness (QED) is 0.745. The van der Waals surface area contributed by atoms with Crippen molar-refractivity contribution in [3.8, 4) is 0 Å². The van der Waals surface area contributed by atoms with E-state index in [1.54, 1.807) is 0 Å². The van der Waals surface area contributed by atoms with Gasteiger partial charge in [-0.05, 0) is 13.0 Å². The molecule has 1 fully saturated rings. The van der Waals surface area contributed by atoms with Gasteiger partial charge in [-0.25, -0.2) is 4.79 Å². The molecule has 17 heavy (non-hydrogen) atoms. The lowest BCUT2D eigenvalue weighted by atomic mass is 10.1. The molecule has 1 aliphatic heterocycles. The highest BCUT2D eigenvalue weighted by atomic mass is 19.3. The third-order valence-corrected chi connectivity index (χ3v) is 2.67. The Balaban J connectivity index is 2.48. The number of anilines is 1. The molecule has 0 aromatic carbocycles. The van der Waals surface area contributed by atoms with Gasteiger partial charge in [-0.15, -0.1) is 0 Å². The molecule has 0 bridgehead atoms. The number of hydrogen-bond acceptors (Lipinski definition) is 4. The number of alkyl halides is 2. The maximum atomic E-state index is 13.8. The summed E-state index contributed by atoms with van der Waals surface area (Å²) in [5, 5.41) is 0. The molecular weight excluding hydrogens is 232 g/mol. The SMILES string of the molecule is C=C1[C@@H](C)O[C@@H](n2ccc(N)nc2=O)C1(F)F. The van der Waals surface area contributed by atoms with Gasteiger partial charge in [0, 0.05) is 11.8 Å². The Labute approximate surface area is 95.5 Å². The lowest BCUT2D eigenvalue weighted by Gasteiger charge is -2.19. The van der Waals surface area contributed by atoms with E-state index in [1.807, 2.05) is 0 Å². The van der Waals surface area contributed by atoms with Crippen molar-refractivity contribution in [3.05, 3.63) is 34.9 Å². The van der Waals surface area contributed by atoms with Gasteiger partial charge < -0.3 is 10.5 Å². The normalized spacial score (nSPS) is 27.4. The van der Waals surface area contributed by atoms with Gasteiger partial charge in [0.15, 0.2) is 0 Å². The Bertz CT molecular complexity index is 527. The van der Waals surface area contributed by atoms with Gasteiger partial charge in [0.05, 0.1) is 6.10 Å². The van der Waals surface area contributed by atoms with Gasteiger partial charge in [0.2, 0.25) is 6.23 Å². The molecule has 1 aromatic heterocycles. The van der Waals surface area contributed by atoms with E-state index in [2.05, 4.69) is 11.6 Å². The molecule has 2 heterocycles. The standard InChI is InChI=1S/C10H11F2N3O2/c1-5-6(2)17-8(10(5,11)12)15-4-3-7(13)14-9(15)16/h3-4,6,8H,1H2,2H3,(H2,13,14,16)/t6-,8-/m1/s1. The molecule has 0 unspecified atom stereocenters. The maximum Gasteiger partial charge on any atom is 0.351 e. The molecule has 1 aliphatic rings. The van der Waals surface area contributed by atoms with Gasteiger partial charge in [0.1, 0.15) is 5.82 Å². The van der Waals surface area contributed by atoms with Crippen LogP contribution in [-0.4, -0.2) is 21.6 Å². The second-order valence-electron chi connectivity index (χ2n) is 3.82. The minimum Gasteiger partial charge on any atom is -0.383 e. The summed E-state index contributed by atoms with van der Waals surface area (Å²) in [6.45, 7) is 4.73. The van der Waals surface area contributed by atoms with Crippen molar-refractivity contribution < 1.29 is 13.5 Å². The van der Waals surface area contributed by atoms with E-state index in [4.69, 9.17) is 10.5 Å². The monoisotopic (exact) mass is 243 g/mol. The number of halogens is 2. The van der Waals surface area contributed by atoms with E-state index in [1.165, 1.54) is 13.0 Å². The highest BCUT2D eigenvalue weighted by Crippen LogP contribution is 2.44. The van der Waals surface area contributed by atoms with Gasteiger partial charge in [-0.2, -0.15) is 13.8 Å². The zero-order valence-corrected chi connectivity index (χ0v) is 9.06. The molecule has 0 amide bonds. The van der Waals surface area contributed by atoms with Crippen LogP contribution in [0.25, 0.3) is 0 Å². The second kappa shape index (κ2) is 3.63. The van der Waals surface area contributed by atoms with Crippen LogP contribution in [0, 0.1) is 0 Å². The first-order chi connectivity index (χ1) is 7.84. The highest BCUT2D eigenvalue weighted by Gasteiger charge is 2.53. The summed E-state index contributed by atoms with van der Waals surface area (Å²) in [6, 6.07) is 1.26. The smallest absolute Gasteiger partial charge is 0.351 e. The van der Waals surface area contributed by atoms with Gasteiger partial charge in [-0.3, -0.25) is 4.57 Å². The fraction of sp³-hybridized carbons (Fsp3) is 0.400. The molecule has 0 radical (unpaired) electrons. The largest absolute Gasteiger partial charge is 0.383 e. The number of nitrogens with two attached hydrogens (primary N) is 1. The van der Waals surface area contributed by atoms with Crippen molar-refractivity contribution in [1.29, 1.82) is 0 Å². The van der Waals surface area contributed by atoms with Crippen molar-refractivity contribution >= 4 is 5.82 Å². The summed E-state index contributed by atoms with van der Waals surface area (Å²) in [7, 11) is 0. The van der Waals surface area contributed by atoms with Gasteiger partial charge >= 0.3 is 11.6 Å². The Morgan fingerprint density at radius 2 is 2.29 bits per heavy atom. The highest BCUT2D eigenvalue weighted by molar-refractivity contribution is 5.25. The number of aromatic nitrogens is 2. The van der Waals surface area contributed by atoms with Crippen molar-refractivity contribution in [3.63, 3.8) is 0 Å². The van der Waals surface area contributed by atoms with Crippen LogP contribution >= 0.6 is 0 Å². The van der Waals surface area contributed by atoms with Crippen LogP contribution in [0.3, 0.4) is 0 Å². The number of nitrogen functional groups attached to an aromatic ring is 1. The van der Waals surface area contributed by atoms with E-state index in [9.17, 15) is 13.6 Å². The molecule has 7 heteroatoms. The van der Waals surface area contributed by atoms with E-state index in [0.717, 1.165) is 6.20 Å². The average molecular weight is 243 g/mol. The molecule has 2 N–H and O–H groups in total. The molecule has 2 rings (SSSR count). The third-order valence-electron chi connectivity index (χ3n) is 2.67. The Kier molecular flexibility index (Phi) is 2.50. The summed E-state index contributed by atoms with van der Waals surface area (Å²) in [6.07, 6.45) is -1.40. The molecule has 5 nitrogen and oxygen atoms in total. The van der Waals surface area contributed by atoms with E-state index >= 15 is 0 Å². The summed E-state index contributed by atoms with van der Waals surface area (Å²) in [5.74, 6) is -3.33. The van der Waals surface area contributed by atoms with Crippen LogP contribution in [0.2, 0.25) is 0 Å². The number of rotatable bonds is 1.